The van der Waals surface area contributed by atoms with E-state index >= 15 is 0 Å². The predicted molar refractivity (Wildman–Crippen MR) is 54.0 cm³/mol. The van der Waals surface area contributed by atoms with Crippen LogP contribution in [0.5, 0.6) is 0 Å². The third kappa shape index (κ3) is 3.54. The van der Waals surface area contributed by atoms with E-state index in [0.717, 1.165) is 0 Å². The van der Waals surface area contributed by atoms with Gasteiger partial charge in [0.2, 0.25) is 0 Å². The van der Waals surface area contributed by atoms with Gasteiger partial charge in [-0.3, -0.25) is 0 Å². The Balaban J connectivity index is 6.43. The van der Waals surface area contributed by atoms with Crippen molar-refractivity contribution in [2.24, 2.45) is 0 Å². The molecule has 0 fully saturated rings. The van der Waals surface area contributed by atoms with Crippen LogP contribution in [0.25, 0.3) is 0 Å². The van der Waals surface area contributed by atoms with Crippen molar-refractivity contribution >= 4 is 5.97 Å². The van der Waals surface area contributed by atoms with Crippen LogP contribution in [0.3, 0.4) is 0 Å². The molecule has 0 amide bonds. The molecule has 0 saturated carbocycles. The topological polar surface area (TPSA) is 57.5 Å². The fourth-order valence-corrected chi connectivity index (χ4v) is 1.46. The van der Waals surface area contributed by atoms with E-state index < -0.39 is 60.2 Å². The molecular formula is C10H5F15O3. The summed E-state index contributed by atoms with van der Waals surface area (Å²) < 4.78 is 191. The average Bonchev–Trinajstić information content (AvgIpc) is 2.44. The summed E-state index contributed by atoms with van der Waals surface area (Å²) in [6, 6.07) is 0. The van der Waals surface area contributed by atoms with Crippen LogP contribution in [-0.2, 0) is 4.79 Å². The van der Waals surface area contributed by atoms with Gasteiger partial charge in [0.05, 0.1) is 6.42 Å². The number of aliphatic carboxylic acids is 1. The maximum Gasteiger partial charge on any atom is 0.460 e. The molecule has 0 aliphatic carbocycles. The molecule has 168 valence electrons. The standard InChI is InChI=1S/C10H5F15O3/c11-4(12,1-2(26)3(27)28)5(13,14)6(15,16)7(17,18)8(19,20)9(21,22)10(23,24)25/h2,26H,1H2,(H,27,28). The van der Waals surface area contributed by atoms with Crippen LogP contribution in [0, 0.1) is 0 Å². The van der Waals surface area contributed by atoms with E-state index in [1.165, 1.54) is 0 Å². The van der Waals surface area contributed by atoms with E-state index in [1.807, 2.05) is 0 Å². The van der Waals surface area contributed by atoms with Gasteiger partial charge in [-0.1, -0.05) is 0 Å². The number of carboxylic acid groups (broad SMARTS) is 1. The Morgan fingerprint density at radius 3 is 1.18 bits per heavy atom. The summed E-state index contributed by atoms with van der Waals surface area (Å²) in [5, 5.41) is 16.4. The number of aliphatic hydroxyl groups excluding tert-OH is 1. The summed E-state index contributed by atoms with van der Waals surface area (Å²) in [6.45, 7) is 0. The van der Waals surface area contributed by atoms with Gasteiger partial charge in [0.25, 0.3) is 0 Å². The lowest BCUT2D eigenvalue weighted by Gasteiger charge is -2.41. The number of halogens is 15. The zero-order chi connectivity index (χ0) is 23.4. The van der Waals surface area contributed by atoms with Gasteiger partial charge in [-0.15, -0.1) is 0 Å². The molecule has 0 aliphatic rings. The molecule has 0 saturated heterocycles. The van der Waals surface area contributed by atoms with Crippen molar-refractivity contribution in [3.05, 3.63) is 0 Å². The Labute approximate surface area is 142 Å². The van der Waals surface area contributed by atoms with E-state index in [1.54, 1.807) is 0 Å². The Hall–Kier alpha value is -1.62. The minimum atomic E-state index is -8.44. The second-order valence-electron chi connectivity index (χ2n) is 5.13. The van der Waals surface area contributed by atoms with Crippen LogP contribution in [0.1, 0.15) is 6.42 Å². The minimum absolute atomic E-state index is 2.81. The van der Waals surface area contributed by atoms with Crippen molar-refractivity contribution in [3.63, 3.8) is 0 Å². The fourth-order valence-electron chi connectivity index (χ4n) is 1.46. The first-order valence-corrected chi connectivity index (χ1v) is 6.07. The average molecular weight is 458 g/mol. The van der Waals surface area contributed by atoms with Gasteiger partial charge in [0, 0.05) is 0 Å². The lowest BCUT2D eigenvalue weighted by Crippen LogP contribution is -2.72. The van der Waals surface area contributed by atoms with Crippen molar-refractivity contribution in [2.75, 3.05) is 0 Å². The molecule has 3 nitrogen and oxygen atoms in total. The Morgan fingerprint density at radius 2 is 0.893 bits per heavy atom. The monoisotopic (exact) mass is 458 g/mol. The van der Waals surface area contributed by atoms with Crippen LogP contribution >= 0.6 is 0 Å². The van der Waals surface area contributed by atoms with Gasteiger partial charge in [-0.25, -0.2) is 4.79 Å². The lowest BCUT2D eigenvalue weighted by molar-refractivity contribution is -0.453. The first-order valence-electron chi connectivity index (χ1n) is 6.07. The quantitative estimate of drug-likeness (QED) is 0.537. The van der Waals surface area contributed by atoms with Crippen molar-refractivity contribution in [2.45, 2.75) is 54.2 Å². The molecule has 1 atom stereocenters. The van der Waals surface area contributed by atoms with E-state index in [-0.39, 0.29) is 0 Å². The van der Waals surface area contributed by atoms with E-state index in [9.17, 15) is 70.7 Å². The number of rotatable bonds is 8. The smallest absolute Gasteiger partial charge is 0.460 e. The normalized spacial score (nSPS) is 16.9. The molecular weight excluding hydrogens is 453 g/mol. The minimum Gasteiger partial charge on any atom is -0.479 e. The molecule has 18 heteroatoms. The van der Waals surface area contributed by atoms with E-state index in [4.69, 9.17) is 10.2 Å². The Kier molecular flexibility index (Phi) is 6.33. The summed E-state index contributed by atoms with van der Waals surface area (Å²) in [4.78, 5) is 10.0. The molecule has 0 bridgehead atoms. The van der Waals surface area contributed by atoms with Crippen molar-refractivity contribution in [1.29, 1.82) is 0 Å². The number of carbonyl (C=O) groups is 1. The van der Waals surface area contributed by atoms with Gasteiger partial charge in [0.1, 0.15) is 0 Å². The van der Waals surface area contributed by atoms with Gasteiger partial charge in [-0.2, -0.15) is 65.9 Å². The highest BCUT2D eigenvalue weighted by atomic mass is 19.4. The second kappa shape index (κ2) is 6.72. The summed E-state index contributed by atoms with van der Waals surface area (Å²) in [5.41, 5.74) is 0. The largest absolute Gasteiger partial charge is 0.479 e. The number of hydrogen-bond acceptors (Lipinski definition) is 2. The molecule has 0 rings (SSSR count). The summed E-state index contributed by atoms with van der Waals surface area (Å²) in [5.74, 6) is -50.6. The second-order valence-corrected chi connectivity index (χ2v) is 5.13. The number of hydrogen-bond donors (Lipinski definition) is 2. The maximum atomic E-state index is 13.2. The zero-order valence-corrected chi connectivity index (χ0v) is 12.3. The fraction of sp³-hybridized carbons (Fsp3) is 0.900. The Morgan fingerprint density at radius 1 is 0.607 bits per heavy atom. The lowest BCUT2D eigenvalue weighted by atomic mass is 9.89. The molecule has 0 heterocycles. The summed E-state index contributed by atoms with van der Waals surface area (Å²) in [6.07, 6.45) is -14.7. The zero-order valence-electron chi connectivity index (χ0n) is 12.3. The SMILES string of the molecule is O=C(O)C(O)CC(F)(F)C(F)(F)C(F)(F)C(F)(F)C(F)(F)C(F)(F)C(F)(F)F. The van der Waals surface area contributed by atoms with Gasteiger partial charge < -0.3 is 10.2 Å². The molecule has 0 aliphatic heterocycles. The first kappa shape index (κ1) is 26.4. The predicted octanol–water partition coefficient (Wildman–Crippen LogP) is 4.20. The van der Waals surface area contributed by atoms with Crippen molar-refractivity contribution in [1.82, 2.24) is 0 Å². The van der Waals surface area contributed by atoms with Crippen LogP contribution in [0.2, 0.25) is 0 Å². The summed E-state index contributed by atoms with van der Waals surface area (Å²) >= 11 is 0. The molecule has 2 N–H and O–H groups in total. The highest BCUT2D eigenvalue weighted by Gasteiger charge is 2.93. The molecule has 0 aromatic carbocycles. The number of carboxylic acids is 1. The molecule has 0 spiro atoms. The molecule has 28 heavy (non-hydrogen) atoms. The van der Waals surface area contributed by atoms with Crippen LogP contribution in [0.15, 0.2) is 0 Å². The van der Waals surface area contributed by atoms with Gasteiger partial charge >= 0.3 is 47.7 Å². The van der Waals surface area contributed by atoms with Crippen molar-refractivity contribution in [3.8, 4) is 0 Å². The summed E-state index contributed by atoms with van der Waals surface area (Å²) in [7, 11) is 0. The number of aliphatic hydroxyl groups is 1. The molecule has 0 radical (unpaired) electrons. The maximum absolute atomic E-state index is 13.2. The van der Waals surface area contributed by atoms with E-state index in [2.05, 4.69) is 0 Å². The molecule has 0 aromatic rings. The molecule has 0 aromatic heterocycles. The number of alkyl halides is 15. The molecule has 1 unspecified atom stereocenters. The Bertz CT molecular complexity index is 593. The van der Waals surface area contributed by atoms with Crippen LogP contribution in [-0.4, -0.2) is 64.0 Å². The first-order chi connectivity index (χ1) is 11.8. The van der Waals surface area contributed by atoms with Gasteiger partial charge in [0.15, 0.2) is 6.10 Å². The highest BCUT2D eigenvalue weighted by molar-refractivity contribution is 5.72. The third-order valence-corrected chi connectivity index (χ3v) is 3.13. The van der Waals surface area contributed by atoms with Crippen molar-refractivity contribution < 1.29 is 80.9 Å². The van der Waals surface area contributed by atoms with E-state index in [0.29, 0.717) is 0 Å². The van der Waals surface area contributed by atoms with Crippen LogP contribution < -0.4 is 0 Å². The highest BCUT2D eigenvalue weighted by Crippen LogP contribution is 2.62. The third-order valence-electron chi connectivity index (χ3n) is 3.13. The van der Waals surface area contributed by atoms with Crippen LogP contribution in [0.4, 0.5) is 65.9 Å². The van der Waals surface area contributed by atoms with Gasteiger partial charge in [-0.05, 0) is 0 Å².